The van der Waals surface area contributed by atoms with Crippen molar-refractivity contribution in [3.05, 3.63) is 56.9 Å². The van der Waals surface area contributed by atoms with Crippen molar-refractivity contribution in [2.24, 2.45) is 0 Å². The Morgan fingerprint density at radius 1 is 1.10 bits per heavy atom. The van der Waals surface area contributed by atoms with Crippen LogP contribution in [-0.2, 0) is 0 Å². The van der Waals surface area contributed by atoms with Gasteiger partial charge in [-0.1, -0.05) is 29.8 Å². The first kappa shape index (κ1) is 17.1. The molecule has 0 aromatic heterocycles. The third-order valence-electron chi connectivity index (χ3n) is 2.68. The topological polar surface area (TPSA) is 64.7 Å². The van der Waals surface area contributed by atoms with Gasteiger partial charge in [0.05, 0.1) is 4.24 Å². The number of carbonyl (C=O) groups is 1. The lowest BCUT2D eigenvalue weighted by atomic mass is 10.0. The van der Waals surface area contributed by atoms with Crippen LogP contribution in [0, 0.1) is 29.6 Å². The van der Waals surface area contributed by atoms with Crippen molar-refractivity contribution in [1.82, 2.24) is 0 Å². The fraction of sp³-hybridized carbons (Fsp3) is 0.188. The summed E-state index contributed by atoms with van der Waals surface area (Å²) in [4.78, 5) is 12.6. The summed E-state index contributed by atoms with van der Waals surface area (Å²) < 4.78 is 0.781. The molecular weight excluding hydrogens is 300 g/mol. The van der Waals surface area contributed by atoms with Gasteiger partial charge in [-0.3, -0.25) is 4.79 Å². The third-order valence-corrected chi connectivity index (χ3v) is 4.86. The SMILES string of the molecule is CSC(SC)=C(C=C(C#N)C#N)C(=O)c1ccc(C)cc1. The second kappa shape index (κ2) is 8.36. The molecule has 0 radical (unpaired) electrons. The third kappa shape index (κ3) is 4.53. The standard InChI is InChI=1S/C16H14N2OS2/c1-11-4-6-13(7-5-11)15(19)14(16(20-2)21-3)8-12(9-17)10-18/h4-8H,1-3H3. The van der Waals surface area contributed by atoms with E-state index in [1.54, 1.807) is 24.3 Å². The van der Waals surface area contributed by atoms with Gasteiger partial charge in [0.1, 0.15) is 17.7 Å². The molecule has 1 rings (SSSR count). The van der Waals surface area contributed by atoms with Crippen molar-refractivity contribution in [2.45, 2.75) is 6.92 Å². The molecule has 0 amide bonds. The predicted octanol–water partition coefficient (Wildman–Crippen LogP) is 4.09. The molecule has 0 unspecified atom stereocenters. The van der Waals surface area contributed by atoms with E-state index in [0.717, 1.165) is 9.80 Å². The number of nitrogens with zero attached hydrogens (tertiary/aromatic N) is 2. The lowest BCUT2D eigenvalue weighted by Gasteiger charge is -2.08. The first-order valence-electron chi connectivity index (χ1n) is 6.02. The number of benzene rings is 1. The second-order valence-corrected chi connectivity index (χ2v) is 5.98. The number of hydrogen-bond acceptors (Lipinski definition) is 5. The number of thioether (sulfide) groups is 2. The van der Waals surface area contributed by atoms with Gasteiger partial charge < -0.3 is 0 Å². The van der Waals surface area contributed by atoms with Gasteiger partial charge in [0.25, 0.3) is 0 Å². The summed E-state index contributed by atoms with van der Waals surface area (Å²) in [5.74, 6) is -0.184. The molecule has 106 valence electrons. The molecule has 21 heavy (non-hydrogen) atoms. The molecule has 0 aliphatic rings. The highest BCUT2D eigenvalue weighted by molar-refractivity contribution is 8.21. The highest BCUT2D eigenvalue weighted by Gasteiger charge is 2.16. The Morgan fingerprint density at radius 2 is 1.62 bits per heavy atom. The highest BCUT2D eigenvalue weighted by Crippen LogP contribution is 2.30. The lowest BCUT2D eigenvalue weighted by Crippen LogP contribution is -2.04. The second-order valence-electron chi connectivity index (χ2n) is 4.09. The fourth-order valence-electron chi connectivity index (χ4n) is 1.61. The van der Waals surface area contributed by atoms with Crippen LogP contribution in [0.15, 0.2) is 45.7 Å². The maximum atomic E-state index is 12.6. The van der Waals surface area contributed by atoms with Crippen molar-refractivity contribution in [2.75, 3.05) is 12.5 Å². The number of ketones is 1. The van der Waals surface area contributed by atoms with Crippen molar-refractivity contribution in [1.29, 1.82) is 10.5 Å². The Balaban J connectivity index is 3.39. The summed E-state index contributed by atoms with van der Waals surface area (Å²) in [5, 5.41) is 17.8. The zero-order valence-electron chi connectivity index (χ0n) is 12.0. The summed E-state index contributed by atoms with van der Waals surface area (Å²) in [7, 11) is 0. The van der Waals surface area contributed by atoms with Crippen LogP contribution in [0.2, 0.25) is 0 Å². The Hall–Kier alpha value is -1.95. The van der Waals surface area contributed by atoms with Crippen molar-refractivity contribution in [3.8, 4) is 12.1 Å². The molecule has 0 saturated carbocycles. The van der Waals surface area contributed by atoms with Crippen LogP contribution in [0.1, 0.15) is 15.9 Å². The summed E-state index contributed by atoms with van der Waals surface area (Å²) >= 11 is 2.85. The van der Waals surface area contributed by atoms with Gasteiger partial charge in [0.15, 0.2) is 5.78 Å². The number of aryl methyl sites for hydroxylation is 1. The van der Waals surface area contributed by atoms with E-state index in [2.05, 4.69) is 0 Å². The number of rotatable bonds is 5. The van der Waals surface area contributed by atoms with Gasteiger partial charge >= 0.3 is 0 Å². The maximum Gasteiger partial charge on any atom is 0.194 e. The van der Waals surface area contributed by atoms with E-state index in [1.807, 2.05) is 31.6 Å². The molecule has 0 atom stereocenters. The molecule has 0 heterocycles. The van der Waals surface area contributed by atoms with Gasteiger partial charge in [-0.15, -0.1) is 23.5 Å². The summed E-state index contributed by atoms with van der Waals surface area (Å²) in [5.41, 5.74) is 1.92. The Morgan fingerprint density at radius 3 is 2.05 bits per heavy atom. The quantitative estimate of drug-likeness (QED) is 0.354. The lowest BCUT2D eigenvalue weighted by molar-refractivity contribution is 0.103. The summed E-state index contributed by atoms with van der Waals surface area (Å²) in [6, 6.07) is 10.8. The number of hydrogen-bond donors (Lipinski definition) is 0. The predicted molar refractivity (Wildman–Crippen MR) is 88.9 cm³/mol. The van der Waals surface area contributed by atoms with Crippen LogP contribution in [0.25, 0.3) is 0 Å². The van der Waals surface area contributed by atoms with E-state index >= 15 is 0 Å². The molecule has 5 heteroatoms. The van der Waals surface area contributed by atoms with Crippen molar-refractivity contribution in [3.63, 3.8) is 0 Å². The molecule has 0 aliphatic heterocycles. The number of carbonyl (C=O) groups excluding carboxylic acids is 1. The molecule has 0 bridgehead atoms. The average Bonchev–Trinajstić information content (AvgIpc) is 2.51. The van der Waals surface area contributed by atoms with E-state index in [4.69, 9.17) is 10.5 Å². The van der Waals surface area contributed by atoms with Gasteiger partial charge in [-0.2, -0.15) is 10.5 Å². The summed E-state index contributed by atoms with van der Waals surface area (Å²) in [6.07, 6.45) is 5.09. The van der Waals surface area contributed by atoms with E-state index in [0.29, 0.717) is 11.1 Å². The molecule has 0 saturated heterocycles. The smallest absolute Gasteiger partial charge is 0.194 e. The Bertz CT molecular complexity index is 652. The molecule has 0 spiro atoms. The molecule has 1 aromatic rings. The fourth-order valence-corrected chi connectivity index (χ4v) is 3.02. The van der Waals surface area contributed by atoms with E-state index < -0.39 is 0 Å². The Labute approximate surface area is 133 Å². The first-order chi connectivity index (χ1) is 10.1. The van der Waals surface area contributed by atoms with Crippen molar-refractivity contribution >= 4 is 29.3 Å². The minimum Gasteiger partial charge on any atom is -0.289 e. The first-order valence-corrected chi connectivity index (χ1v) is 8.47. The van der Waals surface area contributed by atoms with Crippen LogP contribution in [0.5, 0.6) is 0 Å². The Kier molecular flexibility index (Phi) is 6.81. The molecule has 0 aliphatic carbocycles. The molecule has 0 N–H and O–H groups in total. The number of allylic oxidation sites excluding steroid dienone is 3. The van der Waals surface area contributed by atoms with Crippen LogP contribution in [-0.4, -0.2) is 18.3 Å². The number of nitriles is 2. The summed E-state index contributed by atoms with van der Waals surface area (Å²) in [6.45, 7) is 1.95. The van der Waals surface area contributed by atoms with Crippen LogP contribution >= 0.6 is 23.5 Å². The average molecular weight is 314 g/mol. The zero-order chi connectivity index (χ0) is 15.8. The van der Waals surface area contributed by atoms with Crippen LogP contribution in [0.3, 0.4) is 0 Å². The highest BCUT2D eigenvalue weighted by atomic mass is 32.2. The van der Waals surface area contributed by atoms with E-state index in [-0.39, 0.29) is 11.4 Å². The zero-order valence-corrected chi connectivity index (χ0v) is 13.6. The minimum absolute atomic E-state index is 0.0777. The van der Waals surface area contributed by atoms with Gasteiger partial charge in [0.2, 0.25) is 0 Å². The molecule has 0 fully saturated rings. The molecule has 1 aromatic carbocycles. The van der Waals surface area contributed by atoms with Crippen LogP contribution in [0.4, 0.5) is 0 Å². The van der Waals surface area contributed by atoms with Crippen LogP contribution < -0.4 is 0 Å². The normalized spacial score (nSPS) is 9.19. The van der Waals surface area contributed by atoms with Gasteiger partial charge in [0, 0.05) is 11.1 Å². The van der Waals surface area contributed by atoms with E-state index in [1.165, 1.54) is 29.6 Å². The molecular formula is C16H14N2OS2. The van der Waals surface area contributed by atoms with E-state index in [9.17, 15) is 4.79 Å². The molecule has 3 nitrogen and oxygen atoms in total. The van der Waals surface area contributed by atoms with Gasteiger partial charge in [-0.25, -0.2) is 0 Å². The van der Waals surface area contributed by atoms with Gasteiger partial charge in [-0.05, 0) is 25.5 Å². The minimum atomic E-state index is -0.184. The monoisotopic (exact) mass is 314 g/mol. The van der Waals surface area contributed by atoms with Crippen molar-refractivity contribution < 1.29 is 4.79 Å². The largest absolute Gasteiger partial charge is 0.289 e. The maximum absolute atomic E-state index is 12.6. The number of Topliss-reactive ketones (excluding diaryl/α,β-unsaturated/α-hetero) is 1.